The van der Waals surface area contributed by atoms with Crippen LogP contribution in [0.4, 0.5) is 5.69 Å². The number of benzene rings is 2. The fraction of sp³-hybridized carbons (Fsp3) is 0.250. The standard InChI is InChI=1S/C20H18Cl2N2O3/c1-11(2)7-17(18(25)23-14-9-12(21)8-13(22)10-14)24-19(26)15-5-3-4-6-16(15)20(24)27/h3-6,8-11,17H,7H2,1-2H3,(H,23,25)/t17-/m0/s1. The number of nitrogens with zero attached hydrogens (tertiary/aromatic N) is 1. The van der Waals surface area contributed by atoms with Crippen molar-refractivity contribution in [2.45, 2.75) is 26.3 Å². The normalized spacial score (nSPS) is 14.5. The van der Waals surface area contributed by atoms with Gasteiger partial charge in [0.15, 0.2) is 0 Å². The van der Waals surface area contributed by atoms with Crippen molar-refractivity contribution >= 4 is 46.6 Å². The largest absolute Gasteiger partial charge is 0.324 e. The van der Waals surface area contributed by atoms with Crippen LogP contribution in [0.25, 0.3) is 0 Å². The second-order valence-electron chi connectivity index (χ2n) is 6.82. The average Bonchev–Trinajstić information content (AvgIpc) is 2.83. The molecule has 27 heavy (non-hydrogen) atoms. The van der Waals surface area contributed by atoms with Gasteiger partial charge in [-0.1, -0.05) is 49.2 Å². The molecule has 1 aliphatic rings. The van der Waals surface area contributed by atoms with E-state index in [2.05, 4.69) is 5.32 Å². The number of carbonyl (C=O) groups is 3. The Morgan fingerprint density at radius 3 is 2.00 bits per heavy atom. The van der Waals surface area contributed by atoms with Crippen molar-refractivity contribution in [3.05, 3.63) is 63.6 Å². The van der Waals surface area contributed by atoms with E-state index in [-0.39, 0.29) is 5.92 Å². The van der Waals surface area contributed by atoms with Crippen molar-refractivity contribution in [1.82, 2.24) is 4.90 Å². The van der Waals surface area contributed by atoms with Crippen molar-refractivity contribution in [1.29, 1.82) is 0 Å². The van der Waals surface area contributed by atoms with Gasteiger partial charge in [0.1, 0.15) is 6.04 Å². The second-order valence-corrected chi connectivity index (χ2v) is 7.69. The molecule has 0 unspecified atom stereocenters. The summed E-state index contributed by atoms with van der Waals surface area (Å²) in [6.07, 6.45) is 0.339. The van der Waals surface area contributed by atoms with Gasteiger partial charge in [0.25, 0.3) is 11.8 Å². The fourth-order valence-corrected chi connectivity index (χ4v) is 3.64. The highest BCUT2D eigenvalue weighted by atomic mass is 35.5. The van der Waals surface area contributed by atoms with Crippen LogP contribution in [-0.4, -0.2) is 28.7 Å². The van der Waals surface area contributed by atoms with Gasteiger partial charge in [-0.25, -0.2) is 0 Å². The first-order valence-electron chi connectivity index (χ1n) is 8.52. The third kappa shape index (κ3) is 3.99. The number of rotatable bonds is 5. The molecule has 5 nitrogen and oxygen atoms in total. The number of halogens is 2. The minimum atomic E-state index is -0.935. The van der Waals surface area contributed by atoms with Gasteiger partial charge in [-0.3, -0.25) is 19.3 Å². The summed E-state index contributed by atoms with van der Waals surface area (Å²) in [7, 11) is 0. The molecule has 2 aromatic carbocycles. The molecule has 0 saturated heterocycles. The molecule has 0 spiro atoms. The van der Waals surface area contributed by atoms with E-state index in [1.807, 2.05) is 13.8 Å². The molecule has 140 valence electrons. The summed E-state index contributed by atoms with van der Waals surface area (Å²) in [5, 5.41) is 3.47. The van der Waals surface area contributed by atoms with Gasteiger partial charge >= 0.3 is 0 Å². The van der Waals surface area contributed by atoms with Crippen LogP contribution >= 0.6 is 23.2 Å². The monoisotopic (exact) mass is 404 g/mol. The van der Waals surface area contributed by atoms with Gasteiger partial charge in [0.05, 0.1) is 11.1 Å². The van der Waals surface area contributed by atoms with E-state index >= 15 is 0 Å². The Morgan fingerprint density at radius 1 is 1.00 bits per heavy atom. The molecule has 0 radical (unpaired) electrons. The third-order valence-electron chi connectivity index (χ3n) is 4.26. The van der Waals surface area contributed by atoms with Crippen molar-refractivity contribution in [2.24, 2.45) is 5.92 Å². The van der Waals surface area contributed by atoms with E-state index in [0.717, 1.165) is 4.90 Å². The molecule has 7 heteroatoms. The first kappa shape index (κ1) is 19.4. The second kappa shape index (κ2) is 7.71. The Hall–Kier alpha value is -2.37. The van der Waals surface area contributed by atoms with E-state index in [4.69, 9.17) is 23.2 Å². The van der Waals surface area contributed by atoms with Gasteiger partial charge in [-0.2, -0.15) is 0 Å². The molecule has 2 aromatic rings. The summed E-state index contributed by atoms with van der Waals surface area (Å²) in [4.78, 5) is 39.6. The molecular formula is C20H18Cl2N2O3. The molecular weight excluding hydrogens is 387 g/mol. The van der Waals surface area contributed by atoms with Gasteiger partial charge in [-0.15, -0.1) is 0 Å². The van der Waals surface area contributed by atoms with Crippen LogP contribution in [0.15, 0.2) is 42.5 Å². The molecule has 0 aromatic heterocycles. The van der Waals surface area contributed by atoms with Crippen LogP contribution in [0.3, 0.4) is 0 Å². The lowest BCUT2D eigenvalue weighted by atomic mass is 10.0. The molecule has 3 rings (SSSR count). The maximum absolute atomic E-state index is 13.0. The number of nitrogens with one attached hydrogen (secondary N) is 1. The predicted octanol–water partition coefficient (Wildman–Crippen LogP) is 4.64. The van der Waals surface area contributed by atoms with Crippen molar-refractivity contribution in [2.75, 3.05) is 5.32 Å². The molecule has 1 heterocycles. The Kier molecular flexibility index (Phi) is 5.53. The van der Waals surface area contributed by atoms with Crippen LogP contribution in [0, 0.1) is 5.92 Å². The summed E-state index contributed by atoms with van der Waals surface area (Å²) in [5.74, 6) is -1.29. The first-order valence-corrected chi connectivity index (χ1v) is 9.27. The summed E-state index contributed by atoms with van der Waals surface area (Å²) in [6, 6.07) is 10.3. The lowest BCUT2D eigenvalue weighted by Gasteiger charge is -2.26. The van der Waals surface area contributed by atoms with Gasteiger partial charge in [0.2, 0.25) is 5.91 Å². The molecule has 0 saturated carbocycles. The van der Waals surface area contributed by atoms with E-state index in [0.29, 0.717) is 33.3 Å². The molecule has 0 fully saturated rings. The number of fused-ring (bicyclic) bond motifs is 1. The highest BCUT2D eigenvalue weighted by Crippen LogP contribution is 2.28. The van der Waals surface area contributed by atoms with Crippen LogP contribution in [0.5, 0.6) is 0 Å². The quantitative estimate of drug-likeness (QED) is 0.737. The molecule has 1 atom stereocenters. The lowest BCUT2D eigenvalue weighted by Crippen LogP contribution is -2.47. The highest BCUT2D eigenvalue weighted by molar-refractivity contribution is 6.35. The number of carbonyl (C=O) groups excluding carboxylic acids is 3. The van der Waals surface area contributed by atoms with Crippen LogP contribution in [0.2, 0.25) is 10.0 Å². The average molecular weight is 405 g/mol. The Morgan fingerprint density at radius 2 is 1.52 bits per heavy atom. The number of amides is 3. The van der Waals surface area contributed by atoms with Crippen LogP contribution in [0.1, 0.15) is 41.0 Å². The van der Waals surface area contributed by atoms with Gasteiger partial charge in [-0.05, 0) is 42.7 Å². The van der Waals surface area contributed by atoms with Crippen molar-refractivity contribution in [3.8, 4) is 0 Å². The SMILES string of the molecule is CC(C)C[C@@H](C(=O)Nc1cc(Cl)cc(Cl)c1)N1C(=O)c2ccccc2C1=O. The van der Waals surface area contributed by atoms with Crippen molar-refractivity contribution < 1.29 is 14.4 Å². The lowest BCUT2D eigenvalue weighted by molar-refractivity contribution is -0.120. The number of hydrogen-bond acceptors (Lipinski definition) is 3. The number of hydrogen-bond donors (Lipinski definition) is 1. The zero-order chi connectivity index (χ0) is 19.7. The van der Waals surface area contributed by atoms with Crippen LogP contribution in [-0.2, 0) is 4.79 Å². The molecule has 0 bridgehead atoms. The minimum Gasteiger partial charge on any atom is -0.324 e. The van der Waals surface area contributed by atoms with E-state index in [1.165, 1.54) is 0 Å². The van der Waals surface area contributed by atoms with E-state index in [9.17, 15) is 14.4 Å². The smallest absolute Gasteiger partial charge is 0.262 e. The third-order valence-corrected chi connectivity index (χ3v) is 4.70. The van der Waals surface area contributed by atoms with Gasteiger partial charge < -0.3 is 5.32 Å². The maximum atomic E-state index is 13.0. The molecule has 1 N–H and O–H groups in total. The Bertz CT molecular complexity index is 872. The molecule has 0 aliphatic carbocycles. The van der Waals surface area contributed by atoms with E-state index < -0.39 is 23.8 Å². The number of imide groups is 1. The Balaban J connectivity index is 1.91. The summed E-state index contributed by atoms with van der Waals surface area (Å²) >= 11 is 12.0. The zero-order valence-electron chi connectivity index (χ0n) is 14.8. The zero-order valence-corrected chi connectivity index (χ0v) is 16.3. The predicted molar refractivity (Wildman–Crippen MR) is 105 cm³/mol. The fourth-order valence-electron chi connectivity index (χ4n) is 3.12. The van der Waals surface area contributed by atoms with Crippen molar-refractivity contribution in [3.63, 3.8) is 0 Å². The maximum Gasteiger partial charge on any atom is 0.262 e. The molecule has 1 aliphatic heterocycles. The Labute approximate surface area is 167 Å². The van der Waals surface area contributed by atoms with E-state index in [1.54, 1.807) is 42.5 Å². The van der Waals surface area contributed by atoms with Crippen LogP contribution < -0.4 is 5.32 Å². The topological polar surface area (TPSA) is 66.5 Å². The summed E-state index contributed by atoms with van der Waals surface area (Å²) in [5.41, 5.74) is 1.03. The number of anilines is 1. The minimum absolute atomic E-state index is 0.0908. The molecule has 3 amide bonds. The summed E-state index contributed by atoms with van der Waals surface area (Å²) < 4.78 is 0. The highest BCUT2D eigenvalue weighted by Gasteiger charge is 2.42. The summed E-state index contributed by atoms with van der Waals surface area (Å²) in [6.45, 7) is 3.85. The van der Waals surface area contributed by atoms with Gasteiger partial charge in [0, 0.05) is 15.7 Å². The first-order chi connectivity index (χ1) is 12.8.